The number of nitrogens with zero attached hydrogens (tertiary/aromatic N) is 1. The fourth-order valence-electron chi connectivity index (χ4n) is 2.05. The van der Waals surface area contributed by atoms with Crippen LogP contribution in [0.1, 0.15) is 18.4 Å². The van der Waals surface area contributed by atoms with Crippen molar-refractivity contribution in [3.05, 3.63) is 69.2 Å². The second-order valence-corrected chi connectivity index (χ2v) is 5.22. The van der Waals surface area contributed by atoms with Gasteiger partial charge in [-0.15, -0.1) is 0 Å². The molecule has 2 aromatic rings. The van der Waals surface area contributed by atoms with Gasteiger partial charge in [0.05, 0.1) is 4.92 Å². The van der Waals surface area contributed by atoms with Crippen molar-refractivity contribution in [2.75, 3.05) is 5.32 Å². The number of amides is 1. The van der Waals surface area contributed by atoms with Crippen molar-refractivity contribution in [2.24, 2.45) is 0 Å². The highest BCUT2D eigenvalue weighted by Crippen LogP contribution is 2.27. The van der Waals surface area contributed by atoms with E-state index in [1.807, 2.05) is 30.3 Å². The summed E-state index contributed by atoms with van der Waals surface area (Å²) in [5, 5.41) is 13.5. The van der Waals surface area contributed by atoms with E-state index in [1.54, 1.807) is 6.07 Å². The molecule has 114 valence electrons. The van der Waals surface area contributed by atoms with Crippen molar-refractivity contribution in [1.82, 2.24) is 0 Å². The number of hydrogen-bond donors (Lipinski definition) is 1. The molecule has 22 heavy (non-hydrogen) atoms. The summed E-state index contributed by atoms with van der Waals surface area (Å²) in [6.07, 6.45) is 1.88. The lowest BCUT2D eigenvalue weighted by molar-refractivity contribution is -0.384. The second kappa shape index (κ2) is 7.56. The highest BCUT2D eigenvalue weighted by Gasteiger charge is 2.13. The maximum Gasteiger partial charge on any atom is 0.289 e. The standard InChI is InChI=1S/C16H15ClN2O3/c17-14-10-9-13(11-15(14)19(21)22)18-16(20)8-4-7-12-5-2-1-3-6-12/h1-3,5-6,9-11H,4,7-8H2,(H,18,20). The predicted octanol–water partition coefficient (Wildman–Crippen LogP) is 4.21. The van der Waals surface area contributed by atoms with Crippen LogP contribution >= 0.6 is 11.6 Å². The van der Waals surface area contributed by atoms with Gasteiger partial charge in [0, 0.05) is 18.2 Å². The molecule has 2 rings (SSSR count). The third-order valence-electron chi connectivity index (χ3n) is 3.14. The zero-order valence-electron chi connectivity index (χ0n) is 11.8. The van der Waals surface area contributed by atoms with Crippen molar-refractivity contribution in [2.45, 2.75) is 19.3 Å². The molecule has 6 heteroatoms. The lowest BCUT2D eigenvalue weighted by atomic mass is 10.1. The van der Waals surface area contributed by atoms with Crippen LogP contribution in [0.25, 0.3) is 0 Å². The number of halogens is 1. The molecule has 0 aliphatic heterocycles. The SMILES string of the molecule is O=C(CCCc1ccccc1)Nc1ccc(Cl)c([N+](=O)[O-])c1. The first-order valence-corrected chi connectivity index (χ1v) is 7.22. The minimum atomic E-state index is -0.576. The number of rotatable bonds is 6. The van der Waals surface area contributed by atoms with E-state index in [1.165, 1.54) is 17.7 Å². The minimum absolute atomic E-state index is 0.0482. The quantitative estimate of drug-likeness (QED) is 0.640. The van der Waals surface area contributed by atoms with Gasteiger partial charge in [-0.3, -0.25) is 14.9 Å². The predicted molar refractivity (Wildman–Crippen MR) is 86.1 cm³/mol. The molecule has 0 aliphatic carbocycles. The van der Waals surface area contributed by atoms with Gasteiger partial charge in [-0.25, -0.2) is 0 Å². The van der Waals surface area contributed by atoms with Crippen molar-refractivity contribution in [3.63, 3.8) is 0 Å². The minimum Gasteiger partial charge on any atom is -0.326 e. The maximum atomic E-state index is 11.9. The van der Waals surface area contributed by atoms with Gasteiger partial charge in [-0.05, 0) is 30.5 Å². The molecule has 0 atom stereocenters. The van der Waals surface area contributed by atoms with Crippen molar-refractivity contribution in [1.29, 1.82) is 0 Å². The summed E-state index contributed by atoms with van der Waals surface area (Å²) in [7, 11) is 0. The van der Waals surface area contributed by atoms with Gasteiger partial charge in [0.15, 0.2) is 0 Å². The van der Waals surface area contributed by atoms with E-state index in [0.29, 0.717) is 18.5 Å². The lowest BCUT2D eigenvalue weighted by Gasteiger charge is -2.06. The number of aryl methyl sites for hydroxylation is 1. The molecule has 0 aromatic heterocycles. The Hall–Kier alpha value is -2.40. The van der Waals surface area contributed by atoms with E-state index in [2.05, 4.69) is 5.32 Å². The summed E-state index contributed by atoms with van der Waals surface area (Å²) in [5.74, 6) is -0.174. The molecule has 0 heterocycles. The number of hydrogen-bond acceptors (Lipinski definition) is 3. The Morgan fingerprint density at radius 1 is 1.18 bits per heavy atom. The number of nitrogens with one attached hydrogen (secondary N) is 1. The van der Waals surface area contributed by atoms with Gasteiger partial charge in [-0.2, -0.15) is 0 Å². The van der Waals surface area contributed by atoms with Gasteiger partial charge < -0.3 is 5.32 Å². The van der Waals surface area contributed by atoms with Crippen LogP contribution in [-0.4, -0.2) is 10.8 Å². The number of benzene rings is 2. The van der Waals surface area contributed by atoms with Crippen LogP contribution in [0.15, 0.2) is 48.5 Å². The summed E-state index contributed by atoms with van der Waals surface area (Å²) in [4.78, 5) is 22.1. The van der Waals surface area contributed by atoms with E-state index < -0.39 is 4.92 Å². The Kier molecular flexibility index (Phi) is 5.49. The summed E-state index contributed by atoms with van der Waals surface area (Å²) >= 11 is 5.72. The zero-order valence-corrected chi connectivity index (χ0v) is 12.5. The Bertz CT molecular complexity index is 674. The largest absolute Gasteiger partial charge is 0.326 e. The van der Waals surface area contributed by atoms with Crippen LogP contribution < -0.4 is 5.32 Å². The molecule has 1 amide bonds. The molecule has 0 radical (unpaired) electrons. The molecule has 0 aliphatic rings. The number of nitro benzene ring substituents is 1. The summed E-state index contributed by atoms with van der Waals surface area (Å²) < 4.78 is 0. The first-order valence-electron chi connectivity index (χ1n) is 6.84. The second-order valence-electron chi connectivity index (χ2n) is 4.81. The molecular formula is C16H15ClN2O3. The van der Waals surface area contributed by atoms with Crippen LogP contribution in [0.3, 0.4) is 0 Å². The molecule has 0 saturated heterocycles. The van der Waals surface area contributed by atoms with Crippen LogP contribution in [-0.2, 0) is 11.2 Å². The van der Waals surface area contributed by atoms with E-state index in [0.717, 1.165) is 6.42 Å². The molecule has 0 unspecified atom stereocenters. The number of carbonyl (C=O) groups is 1. The van der Waals surface area contributed by atoms with E-state index in [9.17, 15) is 14.9 Å². The summed E-state index contributed by atoms with van der Waals surface area (Å²) in [6.45, 7) is 0. The highest BCUT2D eigenvalue weighted by molar-refractivity contribution is 6.32. The van der Waals surface area contributed by atoms with E-state index >= 15 is 0 Å². The Morgan fingerprint density at radius 2 is 1.91 bits per heavy atom. The highest BCUT2D eigenvalue weighted by atomic mass is 35.5. The third-order valence-corrected chi connectivity index (χ3v) is 3.46. The molecule has 0 fully saturated rings. The van der Waals surface area contributed by atoms with Gasteiger partial charge in [0.1, 0.15) is 5.02 Å². The fraction of sp³-hybridized carbons (Fsp3) is 0.188. The third kappa shape index (κ3) is 4.56. The average molecular weight is 319 g/mol. The number of nitro groups is 1. The molecule has 2 aromatic carbocycles. The van der Waals surface area contributed by atoms with Crippen molar-refractivity contribution in [3.8, 4) is 0 Å². The van der Waals surface area contributed by atoms with Crippen LogP contribution in [0.5, 0.6) is 0 Å². The van der Waals surface area contributed by atoms with Gasteiger partial charge >= 0.3 is 0 Å². The molecule has 1 N–H and O–H groups in total. The Morgan fingerprint density at radius 3 is 2.59 bits per heavy atom. The Labute approximate surface area is 133 Å². The van der Waals surface area contributed by atoms with Crippen LogP contribution in [0, 0.1) is 10.1 Å². The van der Waals surface area contributed by atoms with Gasteiger partial charge in [0.25, 0.3) is 5.69 Å². The maximum absolute atomic E-state index is 11.9. The zero-order chi connectivity index (χ0) is 15.9. The van der Waals surface area contributed by atoms with Gasteiger partial charge in [0.2, 0.25) is 5.91 Å². The first kappa shape index (κ1) is 16.0. The molecule has 0 saturated carbocycles. The molecule has 0 bridgehead atoms. The normalized spacial score (nSPS) is 10.2. The average Bonchev–Trinajstić information content (AvgIpc) is 2.50. The van der Waals surface area contributed by atoms with Crippen molar-refractivity contribution >= 4 is 28.9 Å². The summed E-state index contributed by atoms with van der Waals surface area (Å²) in [6, 6.07) is 14.1. The van der Waals surface area contributed by atoms with Gasteiger partial charge in [-0.1, -0.05) is 41.9 Å². The first-order chi connectivity index (χ1) is 10.6. The number of anilines is 1. The van der Waals surface area contributed by atoms with Crippen LogP contribution in [0.4, 0.5) is 11.4 Å². The monoisotopic (exact) mass is 318 g/mol. The molecule has 5 nitrogen and oxygen atoms in total. The van der Waals surface area contributed by atoms with E-state index in [-0.39, 0.29) is 16.6 Å². The van der Waals surface area contributed by atoms with E-state index in [4.69, 9.17) is 11.6 Å². The Balaban J connectivity index is 1.87. The molecular weight excluding hydrogens is 304 g/mol. The number of carbonyl (C=O) groups excluding carboxylic acids is 1. The lowest BCUT2D eigenvalue weighted by Crippen LogP contribution is -2.11. The molecule has 0 spiro atoms. The van der Waals surface area contributed by atoms with Crippen LogP contribution in [0.2, 0.25) is 5.02 Å². The smallest absolute Gasteiger partial charge is 0.289 e. The van der Waals surface area contributed by atoms with Crippen molar-refractivity contribution < 1.29 is 9.72 Å². The summed E-state index contributed by atoms with van der Waals surface area (Å²) in [5.41, 5.74) is 1.34. The topological polar surface area (TPSA) is 72.2 Å². The fourth-order valence-corrected chi connectivity index (χ4v) is 2.24.